The number of aromatic nitrogens is 4. The molecule has 6 nitrogen and oxygen atoms in total. The van der Waals surface area contributed by atoms with Crippen LogP contribution in [0, 0.1) is 0 Å². The van der Waals surface area contributed by atoms with Crippen molar-refractivity contribution in [2.75, 3.05) is 13.2 Å². The van der Waals surface area contributed by atoms with E-state index in [0.29, 0.717) is 13.2 Å². The van der Waals surface area contributed by atoms with Gasteiger partial charge in [-0.05, 0) is 18.4 Å². The van der Waals surface area contributed by atoms with Gasteiger partial charge in [0.1, 0.15) is 5.76 Å². The Balaban J connectivity index is 1.69. The molecular weight excluding hydrogens is 316 g/mol. The lowest BCUT2D eigenvalue weighted by Crippen LogP contribution is -2.06. The molecule has 1 aliphatic heterocycles. The molecule has 6 heteroatoms. The molecule has 3 aromatic rings. The molecule has 25 heavy (non-hydrogen) atoms. The molecule has 1 aromatic carbocycles. The number of rotatable bonds is 6. The summed E-state index contributed by atoms with van der Waals surface area (Å²) in [6.45, 7) is 4.25. The maximum atomic E-state index is 5.50. The van der Waals surface area contributed by atoms with E-state index in [4.69, 9.17) is 19.3 Å². The number of ether oxygens (including phenoxy) is 1. The predicted molar refractivity (Wildman–Crippen MR) is 93.2 cm³/mol. The van der Waals surface area contributed by atoms with Gasteiger partial charge in [0.2, 0.25) is 0 Å². The number of benzene rings is 1. The summed E-state index contributed by atoms with van der Waals surface area (Å²) in [7, 11) is 0. The highest BCUT2D eigenvalue weighted by Gasteiger charge is 2.25. The van der Waals surface area contributed by atoms with E-state index in [9.17, 15) is 0 Å². The van der Waals surface area contributed by atoms with E-state index in [1.807, 2.05) is 28.9 Å². The Bertz CT molecular complexity index is 819. The first-order valence-electron chi connectivity index (χ1n) is 8.86. The Kier molecular flexibility index (Phi) is 4.61. The van der Waals surface area contributed by atoms with Crippen molar-refractivity contribution in [3.8, 4) is 11.5 Å². The van der Waals surface area contributed by atoms with Crippen LogP contribution in [0.4, 0.5) is 0 Å². The highest BCUT2D eigenvalue weighted by atomic mass is 16.5. The zero-order valence-corrected chi connectivity index (χ0v) is 14.4. The summed E-state index contributed by atoms with van der Waals surface area (Å²) in [6.07, 6.45) is 2.87. The molecule has 1 saturated heterocycles. The third-order valence-electron chi connectivity index (χ3n) is 4.44. The van der Waals surface area contributed by atoms with E-state index in [0.717, 1.165) is 49.0 Å². The summed E-state index contributed by atoms with van der Waals surface area (Å²) < 4.78 is 12.9. The van der Waals surface area contributed by atoms with Crippen molar-refractivity contribution in [1.29, 1.82) is 0 Å². The molecule has 0 radical (unpaired) electrons. The van der Waals surface area contributed by atoms with Gasteiger partial charge in [-0.15, -0.1) is 0 Å². The van der Waals surface area contributed by atoms with Gasteiger partial charge in [0.05, 0.1) is 13.2 Å². The van der Waals surface area contributed by atoms with Crippen LogP contribution in [0.25, 0.3) is 11.5 Å². The average molecular weight is 338 g/mol. The first kappa shape index (κ1) is 16.0. The third-order valence-corrected chi connectivity index (χ3v) is 4.44. The molecule has 0 N–H and O–H groups in total. The maximum absolute atomic E-state index is 5.50. The zero-order valence-electron chi connectivity index (χ0n) is 14.4. The maximum Gasteiger partial charge on any atom is 0.180 e. The Morgan fingerprint density at radius 2 is 2.12 bits per heavy atom. The second-order valence-corrected chi connectivity index (χ2v) is 6.43. The monoisotopic (exact) mass is 338 g/mol. The smallest absolute Gasteiger partial charge is 0.180 e. The van der Waals surface area contributed by atoms with Crippen LogP contribution in [-0.4, -0.2) is 33.1 Å². The average Bonchev–Trinajstić information content (AvgIpc) is 3.36. The minimum atomic E-state index is 0.262. The van der Waals surface area contributed by atoms with Gasteiger partial charge in [0.25, 0.3) is 0 Å². The van der Waals surface area contributed by atoms with Crippen molar-refractivity contribution in [1.82, 2.24) is 19.9 Å². The summed E-state index contributed by atoms with van der Waals surface area (Å²) in [6, 6.07) is 12.2. The van der Waals surface area contributed by atoms with Gasteiger partial charge in [0.15, 0.2) is 17.3 Å². The third kappa shape index (κ3) is 3.49. The fourth-order valence-electron chi connectivity index (χ4n) is 3.11. The first-order chi connectivity index (χ1) is 12.3. The van der Waals surface area contributed by atoms with E-state index in [1.165, 1.54) is 5.56 Å². The van der Waals surface area contributed by atoms with Gasteiger partial charge in [-0.2, -0.15) is 5.10 Å². The lowest BCUT2D eigenvalue weighted by atomic mass is 10.1. The second-order valence-electron chi connectivity index (χ2n) is 6.43. The highest BCUT2D eigenvalue weighted by molar-refractivity contribution is 5.49. The van der Waals surface area contributed by atoms with E-state index >= 15 is 0 Å². The molecule has 0 saturated carbocycles. The van der Waals surface area contributed by atoms with Crippen molar-refractivity contribution >= 4 is 0 Å². The van der Waals surface area contributed by atoms with Gasteiger partial charge in [-0.1, -0.05) is 42.4 Å². The SMILES string of the molecule is CCCc1cc(-c2nc([C@H]3CCOC3)nn2Cc2ccccc2)no1. The zero-order chi connectivity index (χ0) is 17.1. The first-order valence-corrected chi connectivity index (χ1v) is 8.86. The number of aryl methyl sites for hydroxylation is 1. The fourth-order valence-corrected chi connectivity index (χ4v) is 3.11. The predicted octanol–water partition coefficient (Wildman–Crippen LogP) is 3.44. The van der Waals surface area contributed by atoms with Crippen LogP contribution >= 0.6 is 0 Å². The number of hydrogen-bond donors (Lipinski definition) is 0. The summed E-state index contributed by atoms with van der Waals surface area (Å²) in [5.41, 5.74) is 1.93. The molecular formula is C19H22N4O2. The summed E-state index contributed by atoms with van der Waals surface area (Å²) in [5.74, 6) is 2.75. The van der Waals surface area contributed by atoms with Gasteiger partial charge >= 0.3 is 0 Å². The van der Waals surface area contributed by atoms with Crippen molar-refractivity contribution < 1.29 is 9.26 Å². The molecule has 4 rings (SSSR count). The van der Waals surface area contributed by atoms with E-state index in [-0.39, 0.29) is 5.92 Å². The summed E-state index contributed by atoms with van der Waals surface area (Å²) >= 11 is 0. The van der Waals surface area contributed by atoms with E-state index < -0.39 is 0 Å². The number of hydrogen-bond acceptors (Lipinski definition) is 5. The molecule has 3 heterocycles. The largest absolute Gasteiger partial charge is 0.381 e. The van der Waals surface area contributed by atoms with Gasteiger partial charge in [-0.3, -0.25) is 0 Å². The molecule has 1 fully saturated rings. The van der Waals surface area contributed by atoms with E-state index in [1.54, 1.807) is 0 Å². The molecule has 0 aliphatic carbocycles. The lowest BCUT2D eigenvalue weighted by molar-refractivity contribution is 0.193. The Morgan fingerprint density at radius 3 is 2.88 bits per heavy atom. The Hall–Kier alpha value is -2.47. The molecule has 0 amide bonds. The summed E-state index contributed by atoms with van der Waals surface area (Å²) in [4.78, 5) is 4.78. The minimum Gasteiger partial charge on any atom is -0.381 e. The molecule has 0 unspecified atom stereocenters. The second kappa shape index (κ2) is 7.19. The van der Waals surface area contributed by atoms with Crippen LogP contribution in [0.3, 0.4) is 0 Å². The van der Waals surface area contributed by atoms with Gasteiger partial charge in [-0.25, -0.2) is 9.67 Å². The topological polar surface area (TPSA) is 66.0 Å². The van der Waals surface area contributed by atoms with Crippen LogP contribution in [0.2, 0.25) is 0 Å². The van der Waals surface area contributed by atoms with Gasteiger partial charge in [0, 0.05) is 25.0 Å². The van der Waals surface area contributed by atoms with Crippen molar-refractivity contribution in [3.05, 3.63) is 53.5 Å². The molecule has 130 valence electrons. The van der Waals surface area contributed by atoms with Crippen LogP contribution in [-0.2, 0) is 17.7 Å². The molecule has 1 atom stereocenters. The van der Waals surface area contributed by atoms with Gasteiger partial charge < -0.3 is 9.26 Å². The normalized spacial score (nSPS) is 17.2. The van der Waals surface area contributed by atoms with Crippen LogP contribution in [0.15, 0.2) is 40.9 Å². The quantitative estimate of drug-likeness (QED) is 0.689. The molecule has 2 aromatic heterocycles. The minimum absolute atomic E-state index is 0.262. The highest BCUT2D eigenvalue weighted by Crippen LogP contribution is 2.26. The fraction of sp³-hybridized carbons (Fsp3) is 0.421. The summed E-state index contributed by atoms with van der Waals surface area (Å²) in [5, 5.41) is 8.98. The van der Waals surface area contributed by atoms with Crippen molar-refractivity contribution in [2.24, 2.45) is 0 Å². The standard InChI is InChI=1S/C19H22N4O2/c1-2-6-16-11-17(22-25-16)19-20-18(15-9-10-24-13-15)21-23(19)12-14-7-4-3-5-8-14/h3-5,7-8,11,15H,2,6,9-10,12-13H2,1H3/t15-/m0/s1. The van der Waals surface area contributed by atoms with Crippen LogP contribution < -0.4 is 0 Å². The number of nitrogens with zero attached hydrogens (tertiary/aromatic N) is 4. The molecule has 1 aliphatic rings. The molecule has 0 bridgehead atoms. The van der Waals surface area contributed by atoms with Crippen LogP contribution in [0.5, 0.6) is 0 Å². The van der Waals surface area contributed by atoms with E-state index in [2.05, 4.69) is 24.2 Å². The van der Waals surface area contributed by atoms with Crippen molar-refractivity contribution in [2.45, 2.75) is 38.6 Å². The Labute approximate surface area is 146 Å². The molecule has 0 spiro atoms. The van der Waals surface area contributed by atoms with Crippen LogP contribution in [0.1, 0.15) is 42.8 Å². The lowest BCUT2D eigenvalue weighted by Gasteiger charge is -2.04. The Morgan fingerprint density at radius 1 is 1.24 bits per heavy atom. The van der Waals surface area contributed by atoms with Crippen molar-refractivity contribution in [3.63, 3.8) is 0 Å².